The maximum atomic E-state index is 11.7. The van der Waals surface area contributed by atoms with Gasteiger partial charge in [-0.05, 0) is 38.6 Å². The lowest BCUT2D eigenvalue weighted by atomic mass is 9.81. The third kappa shape index (κ3) is 2.58. The van der Waals surface area contributed by atoms with Crippen molar-refractivity contribution in [1.29, 1.82) is 0 Å². The Morgan fingerprint density at radius 1 is 1.40 bits per heavy atom. The molecule has 0 spiro atoms. The van der Waals surface area contributed by atoms with Crippen LogP contribution < -0.4 is 0 Å². The molecule has 2 aliphatic rings. The van der Waals surface area contributed by atoms with Crippen molar-refractivity contribution in [1.82, 2.24) is 4.90 Å². The Bertz CT molecular complexity index is 236. The fourth-order valence-corrected chi connectivity index (χ4v) is 2.81. The highest BCUT2D eigenvalue weighted by atomic mass is 16.3. The molecule has 0 aromatic carbocycles. The molecule has 0 saturated heterocycles. The van der Waals surface area contributed by atoms with Crippen LogP contribution in [0.25, 0.3) is 0 Å². The molecular weight excluding hydrogens is 190 g/mol. The van der Waals surface area contributed by atoms with Gasteiger partial charge in [0.1, 0.15) is 5.78 Å². The minimum Gasteiger partial charge on any atom is -0.393 e. The van der Waals surface area contributed by atoms with Gasteiger partial charge in [0, 0.05) is 13.0 Å². The molecule has 2 aliphatic carbocycles. The highest BCUT2D eigenvalue weighted by molar-refractivity contribution is 5.84. The number of carbonyl (C=O) groups is 1. The minimum atomic E-state index is -0.0783. The smallest absolute Gasteiger partial charge is 0.149 e. The van der Waals surface area contributed by atoms with Crippen LogP contribution in [-0.2, 0) is 4.79 Å². The fraction of sp³-hybridized carbons (Fsp3) is 0.917. The summed E-state index contributed by atoms with van der Waals surface area (Å²) in [4.78, 5) is 13.9. The van der Waals surface area contributed by atoms with Crippen LogP contribution >= 0.6 is 0 Å². The highest BCUT2D eigenvalue weighted by Gasteiger charge is 2.32. The van der Waals surface area contributed by atoms with Crippen molar-refractivity contribution in [2.45, 2.75) is 50.7 Å². The number of hydrogen-bond donors (Lipinski definition) is 1. The van der Waals surface area contributed by atoms with Crippen LogP contribution in [0.3, 0.4) is 0 Å². The second-order valence-electron chi connectivity index (χ2n) is 5.16. The molecule has 3 nitrogen and oxygen atoms in total. The molecule has 1 N–H and O–H groups in total. The topological polar surface area (TPSA) is 40.5 Å². The second-order valence-corrected chi connectivity index (χ2v) is 5.16. The van der Waals surface area contributed by atoms with Crippen LogP contribution in [0.2, 0.25) is 0 Å². The zero-order valence-corrected chi connectivity index (χ0v) is 9.48. The number of aliphatic hydroxyl groups excluding tert-OH is 1. The van der Waals surface area contributed by atoms with Gasteiger partial charge in [-0.3, -0.25) is 9.69 Å². The Kier molecular flexibility index (Phi) is 3.42. The van der Waals surface area contributed by atoms with E-state index in [1.165, 1.54) is 6.42 Å². The van der Waals surface area contributed by atoms with E-state index in [1.54, 1.807) is 0 Å². The van der Waals surface area contributed by atoms with Crippen molar-refractivity contribution in [2.75, 3.05) is 13.6 Å². The number of likely N-dealkylation sites (N-methyl/N-ethyl adjacent to an activating group) is 1. The zero-order chi connectivity index (χ0) is 10.8. The van der Waals surface area contributed by atoms with E-state index < -0.39 is 0 Å². The van der Waals surface area contributed by atoms with E-state index in [-0.39, 0.29) is 12.1 Å². The summed E-state index contributed by atoms with van der Waals surface area (Å²) in [6.45, 7) is 0.980. The SMILES string of the molecule is CN(CC1CC(O)C1)C1CCCCC1=O. The number of aliphatic hydroxyl groups is 1. The summed E-state index contributed by atoms with van der Waals surface area (Å²) in [5, 5.41) is 9.21. The van der Waals surface area contributed by atoms with Crippen molar-refractivity contribution in [3.8, 4) is 0 Å². The normalized spacial score (nSPS) is 36.7. The molecule has 1 atom stereocenters. The standard InChI is InChI=1S/C12H21NO2/c1-13(8-9-6-10(14)7-9)11-4-2-3-5-12(11)15/h9-11,14H,2-8H2,1H3. The Labute approximate surface area is 91.5 Å². The molecule has 0 radical (unpaired) electrons. The van der Waals surface area contributed by atoms with E-state index in [0.717, 1.165) is 38.6 Å². The van der Waals surface area contributed by atoms with Gasteiger partial charge < -0.3 is 5.11 Å². The van der Waals surface area contributed by atoms with E-state index in [2.05, 4.69) is 11.9 Å². The predicted octanol–water partition coefficient (Wildman–Crippen LogP) is 1.20. The molecule has 1 unspecified atom stereocenters. The van der Waals surface area contributed by atoms with Crippen molar-refractivity contribution >= 4 is 5.78 Å². The average Bonchev–Trinajstić information content (AvgIpc) is 2.16. The maximum Gasteiger partial charge on any atom is 0.149 e. The summed E-state index contributed by atoms with van der Waals surface area (Å²) in [5.41, 5.74) is 0. The van der Waals surface area contributed by atoms with Crippen LogP contribution in [0.5, 0.6) is 0 Å². The number of ketones is 1. The molecule has 0 aromatic heterocycles. The highest BCUT2D eigenvalue weighted by Crippen LogP contribution is 2.29. The molecule has 0 aromatic rings. The van der Waals surface area contributed by atoms with Gasteiger partial charge in [0.15, 0.2) is 0 Å². The lowest BCUT2D eigenvalue weighted by Gasteiger charge is -2.38. The first-order valence-corrected chi connectivity index (χ1v) is 6.08. The first kappa shape index (κ1) is 11.1. The van der Waals surface area contributed by atoms with E-state index in [0.29, 0.717) is 11.7 Å². The van der Waals surface area contributed by atoms with Gasteiger partial charge in [-0.1, -0.05) is 6.42 Å². The van der Waals surface area contributed by atoms with E-state index in [9.17, 15) is 9.90 Å². The Balaban J connectivity index is 1.79. The van der Waals surface area contributed by atoms with Crippen molar-refractivity contribution in [3.63, 3.8) is 0 Å². The largest absolute Gasteiger partial charge is 0.393 e. The number of hydrogen-bond acceptors (Lipinski definition) is 3. The monoisotopic (exact) mass is 211 g/mol. The maximum absolute atomic E-state index is 11.7. The van der Waals surface area contributed by atoms with Gasteiger partial charge in [-0.15, -0.1) is 0 Å². The number of rotatable bonds is 3. The van der Waals surface area contributed by atoms with Crippen LogP contribution in [0, 0.1) is 5.92 Å². The van der Waals surface area contributed by atoms with Gasteiger partial charge >= 0.3 is 0 Å². The van der Waals surface area contributed by atoms with Crippen molar-refractivity contribution < 1.29 is 9.90 Å². The summed E-state index contributed by atoms with van der Waals surface area (Å²) < 4.78 is 0. The lowest BCUT2D eigenvalue weighted by Crippen LogP contribution is -2.45. The van der Waals surface area contributed by atoms with Gasteiger partial charge in [0.05, 0.1) is 12.1 Å². The van der Waals surface area contributed by atoms with Crippen LogP contribution in [0.1, 0.15) is 38.5 Å². The summed E-state index contributed by atoms with van der Waals surface area (Å²) in [6, 6.07) is 0.163. The van der Waals surface area contributed by atoms with Crippen LogP contribution in [-0.4, -0.2) is 41.5 Å². The summed E-state index contributed by atoms with van der Waals surface area (Å²) >= 11 is 0. The third-order valence-electron chi connectivity index (χ3n) is 3.81. The molecule has 3 heteroatoms. The summed E-state index contributed by atoms with van der Waals surface area (Å²) in [5.74, 6) is 1.03. The van der Waals surface area contributed by atoms with Crippen molar-refractivity contribution in [2.24, 2.45) is 5.92 Å². The first-order chi connectivity index (χ1) is 7.16. The van der Waals surface area contributed by atoms with Gasteiger partial charge in [0.2, 0.25) is 0 Å². The molecule has 0 bridgehead atoms. The molecule has 2 saturated carbocycles. The van der Waals surface area contributed by atoms with Crippen molar-refractivity contribution in [3.05, 3.63) is 0 Å². The van der Waals surface area contributed by atoms with E-state index in [4.69, 9.17) is 0 Å². The zero-order valence-electron chi connectivity index (χ0n) is 9.48. The van der Waals surface area contributed by atoms with E-state index >= 15 is 0 Å². The first-order valence-electron chi connectivity index (χ1n) is 6.08. The molecule has 2 fully saturated rings. The predicted molar refractivity (Wildman–Crippen MR) is 58.6 cm³/mol. The molecule has 0 amide bonds. The van der Waals surface area contributed by atoms with Crippen LogP contribution in [0.15, 0.2) is 0 Å². The molecule has 86 valence electrons. The third-order valence-corrected chi connectivity index (χ3v) is 3.81. The number of Topliss-reactive ketones (excluding diaryl/α,β-unsaturated/α-hetero) is 1. The Morgan fingerprint density at radius 3 is 2.73 bits per heavy atom. The number of nitrogens with zero attached hydrogens (tertiary/aromatic N) is 1. The van der Waals surface area contributed by atoms with Gasteiger partial charge in [-0.2, -0.15) is 0 Å². The Morgan fingerprint density at radius 2 is 2.13 bits per heavy atom. The summed E-state index contributed by atoms with van der Waals surface area (Å²) in [7, 11) is 2.05. The molecule has 0 heterocycles. The van der Waals surface area contributed by atoms with E-state index in [1.807, 2.05) is 0 Å². The average molecular weight is 211 g/mol. The fourth-order valence-electron chi connectivity index (χ4n) is 2.81. The molecular formula is C12H21NO2. The van der Waals surface area contributed by atoms with Gasteiger partial charge in [-0.25, -0.2) is 0 Å². The quantitative estimate of drug-likeness (QED) is 0.762. The molecule has 2 rings (SSSR count). The Hall–Kier alpha value is -0.410. The van der Waals surface area contributed by atoms with Gasteiger partial charge in [0.25, 0.3) is 0 Å². The molecule has 0 aliphatic heterocycles. The summed E-state index contributed by atoms with van der Waals surface area (Å²) in [6.07, 6.45) is 5.83. The molecule has 15 heavy (non-hydrogen) atoms. The van der Waals surface area contributed by atoms with Crippen LogP contribution in [0.4, 0.5) is 0 Å². The number of carbonyl (C=O) groups excluding carboxylic acids is 1. The minimum absolute atomic E-state index is 0.0783. The lowest BCUT2D eigenvalue weighted by molar-refractivity contribution is -0.126. The second kappa shape index (κ2) is 4.62.